The lowest BCUT2D eigenvalue weighted by Gasteiger charge is -2.09. The molecule has 6 nitrogen and oxygen atoms in total. The quantitative estimate of drug-likeness (QED) is 0.266. The first kappa shape index (κ1) is 18.2. The van der Waals surface area contributed by atoms with Crippen molar-refractivity contribution < 1.29 is 19.8 Å². The lowest BCUT2D eigenvalue weighted by atomic mass is 9.99. The number of imidazole rings is 1. The van der Waals surface area contributed by atoms with Crippen molar-refractivity contribution in [2.75, 3.05) is 0 Å². The average Bonchev–Trinajstić information content (AvgIpc) is 3.18. The number of nitrogens with one attached hydrogen (secondary N) is 1. The molecule has 3 N–H and O–H groups in total. The number of aromatic nitrogens is 2. The van der Waals surface area contributed by atoms with Crippen LogP contribution in [0, 0.1) is 0 Å². The third-order valence-corrected chi connectivity index (χ3v) is 4.53. The zero-order valence-corrected chi connectivity index (χ0v) is 15.2. The Morgan fingerprint density at radius 3 is 2.00 bits per heavy atom. The predicted octanol–water partition coefficient (Wildman–Crippen LogP) is 4.57. The maximum absolute atomic E-state index is 13.3. The van der Waals surface area contributed by atoms with Crippen LogP contribution in [0.5, 0.6) is 0 Å². The van der Waals surface area contributed by atoms with Gasteiger partial charge in [0.25, 0.3) is 0 Å². The van der Waals surface area contributed by atoms with E-state index in [1.165, 1.54) is 6.07 Å². The van der Waals surface area contributed by atoms with Crippen molar-refractivity contribution in [3.63, 3.8) is 0 Å². The summed E-state index contributed by atoms with van der Waals surface area (Å²) < 4.78 is 0. The van der Waals surface area contributed by atoms with Gasteiger partial charge < -0.3 is 15.2 Å². The summed E-state index contributed by atoms with van der Waals surface area (Å²) in [6.45, 7) is 0. The van der Waals surface area contributed by atoms with Gasteiger partial charge >= 0.3 is 5.97 Å². The number of allylic oxidation sites excluding steroid dienone is 1. The first-order valence-electron chi connectivity index (χ1n) is 8.87. The van der Waals surface area contributed by atoms with Crippen LogP contribution in [0.4, 0.5) is 0 Å². The molecule has 0 aliphatic rings. The van der Waals surface area contributed by atoms with E-state index in [0.717, 1.165) is 0 Å². The molecule has 3 aromatic carbocycles. The third kappa shape index (κ3) is 3.39. The van der Waals surface area contributed by atoms with Crippen molar-refractivity contribution in [1.82, 2.24) is 9.97 Å². The fraction of sp³-hybridized carbons (Fsp3) is 0. The van der Waals surface area contributed by atoms with E-state index in [0.29, 0.717) is 16.6 Å². The summed E-state index contributed by atoms with van der Waals surface area (Å²) in [4.78, 5) is 32.1. The molecular weight excluding hydrogens is 368 g/mol. The minimum atomic E-state index is -1.12. The van der Waals surface area contributed by atoms with Crippen molar-refractivity contribution >= 4 is 34.1 Å². The lowest BCUT2D eigenvalue weighted by molar-refractivity contribution is 0.0698. The van der Waals surface area contributed by atoms with E-state index in [1.807, 2.05) is 0 Å². The molecule has 1 aromatic heterocycles. The van der Waals surface area contributed by atoms with Crippen LogP contribution in [0.25, 0.3) is 22.4 Å². The van der Waals surface area contributed by atoms with E-state index < -0.39 is 11.8 Å². The van der Waals surface area contributed by atoms with E-state index in [1.54, 1.807) is 72.8 Å². The molecule has 4 aromatic rings. The highest BCUT2D eigenvalue weighted by Crippen LogP contribution is 2.29. The molecule has 0 saturated carbocycles. The van der Waals surface area contributed by atoms with E-state index in [2.05, 4.69) is 9.97 Å². The van der Waals surface area contributed by atoms with Gasteiger partial charge in [-0.3, -0.25) is 4.79 Å². The number of para-hydroxylation sites is 1. The van der Waals surface area contributed by atoms with Crippen molar-refractivity contribution in [1.29, 1.82) is 0 Å². The lowest BCUT2D eigenvalue weighted by Crippen LogP contribution is -2.07. The number of aromatic carboxylic acids is 1. The predicted molar refractivity (Wildman–Crippen MR) is 110 cm³/mol. The Bertz CT molecular complexity index is 1240. The number of hydrogen-bond donors (Lipinski definition) is 3. The molecule has 0 bridgehead atoms. The summed E-state index contributed by atoms with van der Waals surface area (Å²) in [7, 11) is 0. The van der Waals surface area contributed by atoms with Gasteiger partial charge in [0, 0.05) is 11.1 Å². The fourth-order valence-corrected chi connectivity index (χ4v) is 3.12. The molecule has 0 unspecified atom stereocenters. The SMILES string of the molecule is O=C(C(=C(O)c1ccccc1)c1nc2c(C(=O)O)cccc2[nH]1)c1ccccc1. The molecule has 0 atom stereocenters. The highest BCUT2D eigenvalue weighted by atomic mass is 16.4. The van der Waals surface area contributed by atoms with Gasteiger partial charge in [-0.15, -0.1) is 0 Å². The maximum Gasteiger partial charge on any atom is 0.337 e. The average molecular weight is 384 g/mol. The molecule has 1 heterocycles. The molecule has 6 heteroatoms. The molecule has 0 spiro atoms. The Labute approximate surface area is 165 Å². The number of aliphatic hydroxyl groups is 1. The standard InChI is InChI=1S/C23H16N2O4/c26-20(14-8-3-1-4-9-14)18(21(27)15-10-5-2-6-11-15)22-24-17-13-7-12-16(23(28)29)19(17)25-22/h1-13,26H,(H,24,25)(H,28,29). The van der Waals surface area contributed by atoms with Crippen molar-refractivity contribution in [2.45, 2.75) is 0 Å². The number of aromatic amines is 1. The van der Waals surface area contributed by atoms with Crippen LogP contribution in [0.3, 0.4) is 0 Å². The number of carbonyl (C=O) groups excluding carboxylic acids is 1. The number of aliphatic hydroxyl groups excluding tert-OH is 1. The summed E-state index contributed by atoms with van der Waals surface area (Å²) in [6, 6.07) is 21.9. The molecular formula is C23H16N2O4. The van der Waals surface area contributed by atoms with Gasteiger partial charge in [0.1, 0.15) is 22.7 Å². The summed E-state index contributed by atoms with van der Waals surface area (Å²) in [5.74, 6) is -1.69. The van der Waals surface area contributed by atoms with Crippen LogP contribution in [0.15, 0.2) is 78.9 Å². The summed E-state index contributed by atoms with van der Waals surface area (Å²) in [5.41, 5.74) is 1.48. The van der Waals surface area contributed by atoms with E-state index in [9.17, 15) is 19.8 Å². The largest absolute Gasteiger partial charge is 0.506 e. The van der Waals surface area contributed by atoms with Crippen LogP contribution < -0.4 is 0 Å². The van der Waals surface area contributed by atoms with Crippen molar-refractivity contribution in [3.8, 4) is 0 Å². The molecule has 0 amide bonds. The highest BCUT2D eigenvalue weighted by Gasteiger charge is 2.24. The Morgan fingerprint density at radius 1 is 0.759 bits per heavy atom. The molecule has 4 rings (SSSR count). The monoisotopic (exact) mass is 384 g/mol. The van der Waals surface area contributed by atoms with Crippen LogP contribution in [-0.4, -0.2) is 31.9 Å². The Hall–Kier alpha value is -4.19. The highest BCUT2D eigenvalue weighted by molar-refractivity contribution is 6.33. The topological polar surface area (TPSA) is 103 Å². The molecule has 0 aliphatic carbocycles. The second-order valence-corrected chi connectivity index (χ2v) is 6.38. The third-order valence-electron chi connectivity index (χ3n) is 4.53. The van der Waals surface area contributed by atoms with Gasteiger partial charge in [-0.25, -0.2) is 9.78 Å². The number of benzene rings is 3. The van der Waals surface area contributed by atoms with Gasteiger partial charge in [-0.1, -0.05) is 66.7 Å². The van der Waals surface area contributed by atoms with Crippen LogP contribution in [0.1, 0.15) is 32.1 Å². The summed E-state index contributed by atoms with van der Waals surface area (Å²) >= 11 is 0. The number of hydrogen-bond acceptors (Lipinski definition) is 4. The van der Waals surface area contributed by atoms with E-state index >= 15 is 0 Å². The van der Waals surface area contributed by atoms with Crippen LogP contribution in [-0.2, 0) is 0 Å². The van der Waals surface area contributed by atoms with Gasteiger partial charge in [0.15, 0.2) is 0 Å². The fourth-order valence-electron chi connectivity index (χ4n) is 3.12. The molecule has 0 radical (unpaired) electrons. The smallest absolute Gasteiger partial charge is 0.337 e. The second kappa shape index (κ2) is 7.44. The number of carbonyl (C=O) groups is 2. The first-order valence-corrected chi connectivity index (χ1v) is 8.87. The normalized spacial score (nSPS) is 11.9. The van der Waals surface area contributed by atoms with E-state index in [-0.39, 0.29) is 28.2 Å². The summed E-state index contributed by atoms with van der Waals surface area (Å²) in [6.07, 6.45) is 0. The minimum absolute atomic E-state index is 0.00992. The Morgan fingerprint density at radius 2 is 1.38 bits per heavy atom. The number of fused-ring (bicyclic) bond motifs is 1. The number of H-pyrrole nitrogens is 1. The molecule has 142 valence electrons. The maximum atomic E-state index is 13.3. The van der Waals surface area contributed by atoms with Gasteiger partial charge in [-0.2, -0.15) is 0 Å². The summed E-state index contributed by atoms with van der Waals surface area (Å²) in [5, 5.41) is 20.4. The Balaban J connectivity index is 1.97. The molecule has 29 heavy (non-hydrogen) atoms. The number of carboxylic acid groups (broad SMARTS) is 1. The zero-order chi connectivity index (χ0) is 20.4. The molecule has 0 fully saturated rings. The number of carboxylic acids is 1. The molecule has 0 saturated heterocycles. The number of ketones is 1. The Kier molecular flexibility index (Phi) is 4.66. The van der Waals surface area contributed by atoms with Gasteiger partial charge in [-0.05, 0) is 12.1 Å². The second-order valence-electron chi connectivity index (χ2n) is 6.38. The van der Waals surface area contributed by atoms with Crippen molar-refractivity contribution in [3.05, 3.63) is 101 Å². The van der Waals surface area contributed by atoms with Gasteiger partial charge in [0.2, 0.25) is 5.78 Å². The van der Waals surface area contributed by atoms with Crippen LogP contribution >= 0.6 is 0 Å². The number of Topliss-reactive ketones (excluding diaryl/α,β-unsaturated/α-hetero) is 1. The minimum Gasteiger partial charge on any atom is -0.506 e. The first-order chi connectivity index (χ1) is 14.1. The zero-order valence-electron chi connectivity index (χ0n) is 15.2. The number of rotatable bonds is 5. The molecule has 0 aliphatic heterocycles. The van der Waals surface area contributed by atoms with Crippen molar-refractivity contribution in [2.24, 2.45) is 0 Å². The van der Waals surface area contributed by atoms with Crippen LogP contribution in [0.2, 0.25) is 0 Å². The van der Waals surface area contributed by atoms with E-state index in [4.69, 9.17) is 0 Å². The number of nitrogens with zero attached hydrogens (tertiary/aromatic N) is 1. The van der Waals surface area contributed by atoms with Gasteiger partial charge in [0.05, 0.1) is 11.1 Å².